The number of fused-ring (bicyclic) bond motifs is 7. The van der Waals surface area contributed by atoms with Crippen LogP contribution in [0.2, 0.25) is 0 Å². The highest BCUT2D eigenvalue weighted by atomic mass is 35.5. The minimum absolute atomic E-state index is 0.0120. The number of aliphatic carboxylic acids is 2. The van der Waals surface area contributed by atoms with Crippen LogP contribution in [-0.4, -0.2) is 106 Å². The molecule has 13 atom stereocenters. The average molecular weight is 824 g/mol. The second-order valence-electron chi connectivity index (χ2n) is 23.2. The molecule has 0 aromatic carbocycles. The molecule has 320 valence electrons. The Balaban J connectivity index is 1.21. The van der Waals surface area contributed by atoms with Crippen LogP contribution in [-0.2, 0) is 9.59 Å². The predicted molar refractivity (Wildman–Crippen MR) is 217 cm³/mol. The van der Waals surface area contributed by atoms with Crippen molar-refractivity contribution < 1.29 is 39.0 Å². The van der Waals surface area contributed by atoms with E-state index in [-0.39, 0.29) is 57.0 Å². The monoisotopic (exact) mass is 823 g/mol. The highest BCUT2D eigenvalue weighted by Gasteiger charge is 2.72. The molecule has 7 fully saturated rings. The lowest BCUT2D eigenvalue weighted by Gasteiger charge is -2.73. The molecule has 8 nitrogen and oxygen atoms in total. The summed E-state index contributed by atoms with van der Waals surface area (Å²) in [5, 5.41) is 47.1. The smallest absolute Gasteiger partial charge is 0.132 e. The number of likely N-dealkylation sites (N-methyl/N-ethyl adjacent to an activating group) is 2. The molecule has 0 aromatic heterocycles. The zero-order chi connectivity index (χ0) is 41.1. The van der Waals surface area contributed by atoms with E-state index in [1.54, 1.807) is 0 Å². The van der Waals surface area contributed by atoms with E-state index in [0.29, 0.717) is 90.9 Å². The number of rotatable bonds is 9. The maximum Gasteiger partial charge on any atom is 0.132 e. The molecule has 0 radical (unpaired) electrons. The first kappa shape index (κ1) is 43.4. The van der Waals surface area contributed by atoms with Gasteiger partial charge in [0.2, 0.25) is 0 Å². The third-order valence-electron chi connectivity index (χ3n) is 20.6. The maximum atomic E-state index is 13.2. The summed E-state index contributed by atoms with van der Waals surface area (Å²) in [4.78, 5) is 25.8. The van der Waals surface area contributed by atoms with Crippen LogP contribution in [0.25, 0.3) is 0 Å². The Labute approximate surface area is 348 Å². The van der Waals surface area contributed by atoms with Crippen molar-refractivity contribution in [3.63, 3.8) is 0 Å². The van der Waals surface area contributed by atoms with Gasteiger partial charge in [-0.05, 0) is 128 Å². The summed E-state index contributed by atoms with van der Waals surface area (Å²) in [5.74, 6) is 0.302. The SMILES string of the molecule is CC(Cl)(CCl)[C@@H]1CC[C@]2(CC(C(=O)[O-])[N+]3(C)CCC(O)CC3)CC[C@]3(C)[C@H](CC[C@@H]4[C@@]5(C)CCC(C(C(=O)[O-])[N+]6(C)CCC(O)CC6)C(C)(C)[C@@H]5CC[C@]43C)[C@@H]12. The van der Waals surface area contributed by atoms with E-state index < -0.39 is 28.9 Å². The van der Waals surface area contributed by atoms with Crippen LogP contribution < -0.4 is 10.2 Å². The topological polar surface area (TPSA) is 121 Å². The molecule has 2 N–H and O–H groups in total. The Morgan fingerprint density at radius 2 is 1.32 bits per heavy atom. The molecule has 7 rings (SSSR count). The molecule has 5 saturated carbocycles. The summed E-state index contributed by atoms with van der Waals surface area (Å²) in [5.41, 5.74) is -0.125. The Morgan fingerprint density at radius 3 is 1.88 bits per heavy atom. The Kier molecular flexibility index (Phi) is 11.2. The van der Waals surface area contributed by atoms with Crippen LogP contribution >= 0.6 is 23.2 Å². The number of carbonyl (C=O) groups is 2. The number of nitrogens with zero attached hydrogens (tertiary/aromatic N) is 2. The predicted octanol–water partition coefficient (Wildman–Crippen LogP) is 5.75. The van der Waals surface area contributed by atoms with Crippen LogP contribution in [0.15, 0.2) is 0 Å². The van der Waals surface area contributed by atoms with E-state index >= 15 is 0 Å². The number of carboxylic acids is 2. The molecule has 0 bridgehead atoms. The zero-order valence-electron chi connectivity index (χ0n) is 36.1. The van der Waals surface area contributed by atoms with Gasteiger partial charge in [0.15, 0.2) is 0 Å². The minimum atomic E-state index is -0.949. The van der Waals surface area contributed by atoms with Gasteiger partial charge in [0.25, 0.3) is 0 Å². The highest BCUT2D eigenvalue weighted by Crippen LogP contribution is 2.79. The van der Waals surface area contributed by atoms with E-state index in [9.17, 15) is 30.0 Å². The van der Waals surface area contributed by atoms with Crippen LogP contribution in [0.4, 0.5) is 0 Å². The molecule has 10 heteroatoms. The fraction of sp³-hybridized carbons (Fsp3) is 0.957. The molecule has 2 heterocycles. The van der Waals surface area contributed by atoms with E-state index in [0.717, 1.165) is 64.2 Å². The Morgan fingerprint density at radius 1 is 0.732 bits per heavy atom. The van der Waals surface area contributed by atoms with Gasteiger partial charge in [0, 0.05) is 43.9 Å². The van der Waals surface area contributed by atoms with Crippen molar-refractivity contribution >= 4 is 35.1 Å². The van der Waals surface area contributed by atoms with Crippen molar-refractivity contribution in [2.45, 2.75) is 167 Å². The zero-order valence-corrected chi connectivity index (χ0v) is 37.6. The number of aliphatic hydroxyl groups is 2. The summed E-state index contributed by atoms with van der Waals surface area (Å²) in [6.45, 7) is 17.3. The molecule has 2 aliphatic heterocycles. The molecule has 7 aliphatic rings. The van der Waals surface area contributed by atoms with Crippen molar-refractivity contribution in [3.05, 3.63) is 0 Å². The number of hydrogen-bond donors (Lipinski definition) is 2. The van der Waals surface area contributed by atoms with Crippen molar-refractivity contribution in [1.82, 2.24) is 0 Å². The number of hydrogen-bond acceptors (Lipinski definition) is 6. The summed E-state index contributed by atoms with van der Waals surface area (Å²) in [6, 6.07) is -1.20. The number of quaternary nitrogens is 2. The lowest BCUT2D eigenvalue weighted by molar-refractivity contribution is -0.937. The van der Waals surface area contributed by atoms with Crippen molar-refractivity contribution in [1.29, 1.82) is 0 Å². The van der Waals surface area contributed by atoms with Gasteiger partial charge in [0.05, 0.1) is 69.3 Å². The number of likely N-dealkylation sites (tertiary alicyclic amines) is 2. The van der Waals surface area contributed by atoms with Gasteiger partial charge in [-0.1, -0.05) is 34.6 Å². The molecule has 0 amide bonds. The summed E-state index contributed by atoms with van der Waals surface area (Å²) in [6.07, 6.45) is 12.8. The van der Waals surface area contributed by atoms with E-state index in [1.807, 2.05) is 0 Å². The second-order valence-corrected chi connectivity index (χ2v) is 24.3. The lowest BCUT2D eigenvalue weighted by atomic mass is 9.31. The third kappa shape index (κ3) is 6.47. The summed E-state index contributed by atoms with van der Waals surface area (Å²) >= 11 is 14.2. The number of carbonyl (C=O) groups excluding carboxylic acids is 2. The van der Waals surface area contributed by atoms with E-state index in [4.69, 9.17) is 23.2 Å². The van der Waals surface area contributed by atoms with Crippen LogP contribution in [0.3, 0.4) is 0 Å². The molecule has 56 heavy (non-hydrogen) atoms. The van der Waals surface area contributed by atoms with Crippen molar-refractivity contribution in [2.24, 2.45) is 62.6 Å². The largest absolute Gasteiger partial charge is 0.544 e. The number of aliphatic hydroxyl groups excluding tert-OH is 2. The Hall–Kier alpha value is -0.640. The fourth-order valence-electron chi connectivity index (χ4n) is 17.1. The second kappa shape index (κ2) is 14.5. The molecule has 4 unspecified atom stereocenters. The summed E-state index contributed by atoms with van der Waals surface area (Å²) in [7, 11) is 4.18. The van der Waals surface area contributed by atoms with Crippen LogP contribution in [0.1, 0.15) is 138 Å². The first-order valence-electron chi connectivity index (χ1n) is 22.7. The number of piperidine rings is 2. The molecule has 5 aliphatic carbocycles. The standard InChI is InChI=1S/C46H76Cl2N2O6/c1-41(2)33(38(40(55)56)50(8)25-16-30(52)17-26-50)11-18-42(3)35(41)13-19-44(5)36(42)10-9-31-37-32(45(6,48)28-47)12-20-46(37,22-21-43(31,44)4)27-34(39(53)54)49(7)23-14-29(51)15-24-49/h29-38,51-52H,9-28H2,1-8H3/t29?,30?,31-,32-,33?,34?,35+,36-,37+,38?,42+,43-,44-,45?,46-,49?,50?/m1/s1. The lowest BCUT2D eigenvalue weighted by Crippen LogP contribution is -2.71. The minimum Gasteiger partial charge on any atom is -0.544 e. The fourth-order valence-corrected chi connectivity index (χ4v) is 17.6. The molecule has 2 saturated heterocycles. The maximum absolute atomic E-state index is 13.2. The summed E-state index contributed by atoms with van der Waals surface area (Å²) < 4.78 is 0.895. The van der Waals surface area contributed by atoms with E-state index in [1.165, 1.54) is 0 Å². The first-order chi connectivity index (χ1) is 25.9. The molecule has 0 aromatic rings. The van der Waals surface area contributed by atoms with Crippen molar-refractivity contribution in [3.8, 4) is 0 Å². The van der Waals surface area contributed by atoms with Crippen LogP contribution in [0, 0.1) is 62.6 Å². The van der Waals surface area contributed by atoms with E-state index in [2.05, 4.69) is 55.6 Å². The highest BCUT2D eigenvalue weighted by molar-refractivity contribution is 6.30. The van der Waals surface area contributed by atoms with Crippen LogP contribution in [0.5, 0.6) is 0 Å². The first-order valence-corrected chi connectivity index (χ1v) is 23.6. The van der Waals surface area contributed by atoms with Gasteiger partial charge >= 0.3 is 0 Å². The normalized spacial score (nSPS) is 50.9. The van der Waals surface area contributed by atoms with Gasteiger partial charge in [-0.2, -0.15) is 0 Å². The van der Waals surface area contributed by atoms with Gasteiger partial charge < -0.3 is 39.0 Å². The number of halogens is 2. The molecule has 0 spiro atoms. The van der Waals surface area contributed by atoms with Crippen molar-refractivity contribution in [2.75, 3.05) is 46.2 Å². The quantitative estimate of drug-likeness (QED) is 0.226. The molecular weight excluding hydrogens is 747 g/mol. The number of alkyl halides is 2. The average Bonchev–Trinajstić information content (AvgIpc) is 3.52. The third-order valence-corrected chi connectivity index (χ3v) is 21.7. The van der Waals surface area contributed by atoms with Gasteiger partial charge in [-0.3, -0.25) is 0 Å². The molecular formula is C46H76Cl2N2O6. The van der Waals surface area contributed by atoms with Gasteiger partial charge in [-0.25, -0.2) is 0 Å². The Bertz CT molecular complexity index is 1510. The van der Waals surface area contributed by atoms with Gasteiger partial charge in [0.1, 0.15) is 12.1 Å². The number of carboxylic acid groups (broad SMARTS) is 2. The van der Waals surface area contributed by atoms with Gasteiger partial charge in [-0.15, -0.1) is 23.2 Å².